The predicted molar refractivity (Wildman–Crippen MR) is 72.5 cm³/mol. The molecule has 0 saturated heterocycles. The number of nitrogens with zero attached hydrogens (tertiary/aromatic N) is 3. The van der Waals surface area contributed by atoms with Crippen molar-refractivity contribution in [3.63, 3.8) is 0 Å². The zero-order valence-electron chi connectivity index (χ0n) is 11.2. The van der Waals surface area contributed by atoms with Crippen LogP contribution in [0.3, 0.4) is 0 Å². The summed E-state index contributed by atoms with van der Waals surface area (Å²) in [5.41, 5.74) is 8.93. The van der Waals surface area contributed by atoms with Gasteiger partial charge >= 0.3 is 0 Å². The van der Waals surface area contributed by atoms with Gasteiger partial charge in [0.2, 0.25) is 5.91 Å². The van der Waals surface area contributed by atoms with Crippen molar-refractivity contribution in [1.29, 1.82) is 0 Å². The van der Waals surface area contributed by atoms with Gasteiger partial charge < -0.3 is 11.1 Å². The van der Waals surface area contributed by atoms with Crippen LogP contribution in [0.1, 0.15) is 23.0 Å². The number of rotatable bonds is 3. The van der Waals surface area contributed by atoms with Gasteiger partial charge in [0, 0.05) is 24.5 Å². The molecular weight excluding hydrogens is 242 g/mol. The lowest BCUT2D eigenvalue weighted by Gasteiger charge is -2.12. The van der Waals surface area contributed by atoms with Gasteiger partial charge in [-0.15, -0.1) is 0 Å². The van der Waals surface area contributed by atoms with E-state index >= 15 is 0 Å². The Labute approximate surface area is 111 Å². The molecule has 2 rings (SSSR count). The molecule has 0 aromatic carbocycles. The second kappa shape index (κ2) is 5.19. The van der Waals surface area contributed by atoms with Crippen molar-refractivity contribution in [3.05, 3.63) is 41.5 Å². The van der Waals surface area contributed by atoms with Crippen molar-refractivity contribution in [1.82, 2.24) is 14.8 Å². The normalized spacial score (nSPS) is 12.2. The third-order valence-electron chi connectivity index (χ3n) is 2.85. The summed E-state index contributed by atoms with van der Waals surface area (Å²) in [4.78, 5) is 16.3. The molecule has 6 heteroatoms. The Morgan fingerprint density at radius 1 is 1.42 bits per heavy atom. The number of amides is 1. The molecule has 0 aliphatic rings. The molecule has 1 atom stereocenters. The number of nitrogens with one attached hydrogen (secondary N) is 1. The lowest BCUT2D eigenvalue weighted by atomic mass is 10.1. The smallest absolute Gasteiger partial charge is 0.246 e. The highest BCUT2D eigenvalue weighted by molar-refractivity contribution is 5.95. The van der Waals surface area contributed by atoms with E-state index in [-0.39, 0.29) is 5.91 Å². The highest BCUT2D eigenvalue weighted by atomic mass is 16.2. The minimum absolute atomic E-state index is 0.276. The third-order valence-corrected chi connectivity index (χ3v) is 2.85. The monoisotopic (exact) mass is 259 g/mol. The van der Waals surface area contributed by atoms with Crippen molar-refractivity contribution >= 4 is 11.6 Å². The van der Waals surface area contributed by atoms with Crippen LogP contribution in [0.5, 0.6) is 0 Å². The lowest BCUT2D eigenvalue weighted by Crippen LogP contribution is -2.27. The second-order valence-electron chi connectivity index (χ2n) is 4.50. The average molecular weight is 259 g/mol. The Bertz CT molecular complexity index is 605. The van der Waals surface area contributed by atoms with Crippen LogP contribution in [0.25, 0.3) is 0 Å². The van der Waals surface area contributed by atoms with Crippen LogP contribution in [0.4, 0.5) is 5.69 Å². The minimum atomic E-state index is -0.741. The van der Waals surface area contributed by atoms with Gasteiger partial charge in [0.15, 0.2) is 0 Å². The molecule has 2 aromatic heterocycles. The molecule has 0 fully saturated rings. The Balaban J connectivity index is 2.12. The van der Waals surface area contributed by atoms with Crippen LogP contribution in [0.2, 0.25) is 0 Å². The summed E-state index contributed by atoms with van der Waals surface area (Å²) in [5.74, 6) is -0.276. The van der Waals surface area contributed by atoms with E-state index in [1.807, 2.05) is 26.0 Å². The molecule has 3 N–H and O–H groups in total. The van der Waals surface area contributed by atoms with Crippen LogP contribution in [0.15, 0.2) is 24.5 Å². The highest BCUT2D eigenvalue weighted by Crippen LogP contribution is 2.16. The summed E-state index contributed by atoms with van der Waals surface area (Å²) in [6.07, 6.45) is 3.31. The number of hydrogen-bond acceptors (Lipinski definition) is 4. The number of hydrogen-bond donors (Lipinski definition) is 2. The number of nitrogens with two attached hydrogens (primary N) is 1. The lowest BCUT2D eigenvalue weighted by molar-refractivity contribution is -0.117. The van der Waals surface area contributed by atoms with Crippen LogP contribution in [-0.2, 0) is 11.8 Å². The van der Waals surface area contributed by atoms with E-state index in [9.17, 15) is 4.79 Å². The fraction of sp³-hybridized carbons (Fsp3) is 0.308. The van der Waals surface area contributed by atoms with Gasteiger partial charge in [-0.3, -0.25) is 14.5 Å². The summed E-state index contributed by atoms with van der Waals surface area (Å²) in [6.45, 7) is 3.75. The second-order valence-corrected chi connectivity index (χ2v) is 4.50. The molecule has 2 aromatic rings. The third kappa shape index (κ3) is 2.97. The number of aryl methyl sites for hydroxylation is 3. The van der Waals surface area contributed by atoms with E-state index in [0.717, 1.165) is 11.4 Å². The van der Waals surface area contributed by atoms with E-state index in [0.29, 0.717) is 11.3 Å². The molecular formula is C13H17N5O. The molecule has 0 radical (unpaired) electrons. The Hall–Kier alpha value is -2.21. The number of pyridine rings is 1. The topological polar surface area (TPSA) is 85.8 Å². The predicted octanol–water partition coefficient (Wildman–Crippen LogP) is 1.07. The first kappa shape index (κ1) is 13.2. The molecule has 100 valence electrons. The molecule has 0 aliphatic heterocycles. The Morgan fingerprint density at radius 2 is 2.16 bits per heavy atom. The van der Waals surface area contributed by atoms with Gasteiger partial charge in [-0.2, -0.15) is 5.10 Å². The maximum Gasteiger partial charge on any atom is 0.246 e. The summed E-state index contributed by atoms with van der Waals surface area (Å²) < 4.78 is 1.61. The van der Waals surface area contributed by atoms with Crippen LogP contribution in [-0.4, -0.2) is 20.7 Å². The quantitative estimate of drug-likeness (QED) is 0.863. The van der Waals surface area contributed by atoms with E-state index in [2.05, 4.69) is 15.4 Å². The Morgan fingerprint density at radius 3 is 2.74 bits per heavy atom. The standard InChI is InChI=1S/C13H17N5O/c1-8-4-5-11(9(2)16-8)17-13(19)12(14)10-6-15-18(3)7-10/h4-7,12H,14H2,1-3H3,(H,17,19). The van der Waals surface area contributed by atoms with E-state index < -0.39 is 6.04 Å². The molecule has 19 heavy (non-hydrogen) atoms. The zero-order valence-corrected chi connectivity index (χ0v) is 11.2. The van der Waals surface area contributed by atoms with Crippen molar-refractivity contribution in [2.75, 3.05) is 5.32 Å². The van der Waals surface area contributed by atoms with Crippen molar-refractivity contribution < 1.29 is 4.79 Å². The van der Waals surface area contributed by atoms with E-state index in [1.54, 1.807) is 24.1 Å². The van der Waals surface area contributed by atoms with Crippen LogP contribution >= 0.6 is 0 Å². The summed E-state index contributed by atoms with van der Waals surface area (Å²) >= 11 is 0. The number of carbonyl (C=O) groups is 1. The first-order chi connectivity index (χ1) is 8.97. The van der Waals surface area contributed by atoms with Gasteiger partial charge in [-0.1, -0.05) is 0 Å². The maximum absolute atomic E-state index is 12.1. The van der Waals surface area contributed by atoms with Gasteiger partial charge in [-0.05, 0) is 26.0 Å². The maximum atomic E-state index is 12.1. The fourth-order valence-corrected chi connectivity index (χ4v) is 1.78. The van der Waals surface area contributed by atoms with Crippen molar-refractivity contribution in [2.24, 2.45) is 12.8 Å². The molecule has 6 nitrogen and oxygen atoms in total. The summed E-state index contributed by atoms with van der Waals surface area (Å²) in [7, 11) is 1.78. The minimum Gasteiger partial charge on any atom is -0.323 e. The SMILES string of the molecule is Cc1ccc(NC(=O)C(N)c2cnn(C)c2)c(C)n1. The number of aromatic nitrogens is 3. The van der Waals surface area contributed by atoms with Crippen LogP contribution < -0.4 is 11.1 Å². The van der Waals surface area contributed by atoms with E-state index in [4.69, 9.17) is 5.73 Å². The van der Waals surface area contributed by atoms with Gasteiger partial charge in [0.1, 0.15) is 6.04 Å². The van der Waals surface area contributed by atoms with Gasteiger partial charge in [-0.25, -0.2) is 0 Å². The fourth-order valence-electron chi connectivity index (χ4n) is 1.78. The largest absolute Gasteiger partial charge is 0.323 e. The summed E-state index contributed by atoms with van der Waals surface area (Å²) in [6, 6.07) is 2.93. The zero-order chi connectivity index (χ0) is 14.0. The first-order valence-electron chi connectivity index (χ1n) is 5.96. The van der Waals surface area contributed by atoms with E-state index in [1.165, 1.54) is 0 Å². The number of anilines is 1. The molecule has 1 amide bonds. The summed E-state index contributed by atoms with van der Waals surface area (Å²) in [5, 5.41) is 6.78. The molecule has 0 bridgehead atoms. The molecule has 0 aliphatic carbocycles. The molecule has 0 spiro atoms. The van der Waals surface area contributed by atoms with Gasteiger partial charge in [0.05, 0.1) is 17.6 Å². The molecule has 0 saturated carbocycles. The molecule has 1 unspecified atom stereocenters. The first-order valence-corrected chi connectivity index (χ1v) is 5.96. The molecule has 2 heterocycles. The van der Waals surface area contributed by atoms with Crippen molar-refractivity contribution in [2.45, 2.75) is 19.9 Å². The highest BCUT2D eigenvalue weighted by Gasteiger charge is 2.18. The number of carbonyl (C=O) groups excluding carboxylic acids is 1. The van der Waals surface area contributed by atoms with Crippen molar-refractivity contribution in [3.8, 4) is 0 Å². The Kier molecular flexibility index (Phi) is 3.62. The average Bonchev–Trinajstić information content (AvgIpc) is 2.78. The van der Waals surface area contributed by atoms with Gasteiger partial charge in [0.25, 0.3) is 0 Å². The van der Waals surface area contributed by atoms with Crippen LogP contribution in [0, 0.1) is 13.8 Å².